The van der Waals surface area contributed by atoms with Crippen LogP contribution in [0.5, 0.6) is 0 Å². The Morgan fingerprint density at radius 2 is 2.20 bits per heavy atom. The summed E-state index contributed by atoms with van der Waals surface area (Å²) < 4.78 is 1.04. The van der Waals surface area contributed by atoms with Crippen LogP contribution in [0.1, 0.15) is 0 Å². The number of aromatic nitrogens is 4. The lowest BCUT2D eigenvalue weighted by molar-refractivity contribution is -0.138. The standard InChI is InChI=1S/C9H12N6O4S/c1-2-3-10-8(19)11-6(16)5-20-9-12-13-14-15(9)4-7(17)18/h2H,1,3-5H2,(H,17,18)(H2,10,11,16,19). The van der Waals surface area contributed by atoms with Gasteiger partial charge in [0.2, 0.25) is 11.1 Å². The van der Waals surface area contributed by atoms with Crippen molar-refractivity contribution in [3.8, 4) is 0 Å². The Labute approximate surface area is 117 Å². The van der Waals surface area contributed by atoms with Gasteiger partial charge in [-0.3, -0.25) is 14.9 Å². The first kappa shape index (κ1) is 15.6. The van der Waals surface area contributed by atoms with E-state index in [0.29, 0.717) is 0 Å². The molecule has 0 aliphatic carbocycles. The number of rotatable bonds is 7. The number of hydrogen-bond donors (Lipinski definition) is 3. The first-order valence-corrected chi connectivity index (χ1v) is 6.30. The van der Waals surface area contributed by atoms with Gasteiger partial charge in [-0.15, -0.1) is 11.7 Å². The molecule has 10 nitrogen and oxygen atoms in total. The monoisotopic (exact) mass is 300 g/mol. The molecule has 108 valence electrons. The zero-order valence-electron chi connectivity index (χ0n) is 10.3. The Balaban J connectivity index is 2.41. The number of carboxylic acids is 1. The Hall–Kier alpha value is -2.43. The second-order valence-electron chi connectivity index (χ2n) is 3.35. The van der Waals surface area contributed by atoms with Gasteiger partial charge in [-0.25, -0.2) is 9.48 Å². The second-order valence-corrected chi connectivity index (χ2v) is 4.29. The molecule has 1 aromatic heterocycles. The van der Waals surface area contributed by atoms with E-state index in [1.54, 1.807) is 0 Å². The maximum atomic E-state index is 11.4. The lowest BCUT2D eigenvalue weighted by Crippen LogP contribution is -2.40. The number of thioether (sulfide) groups is 1. The van der Waals surface area contributed by atoms with Crippen molar-refractivity contribution in [2.75, 3.05) is 12.3 Å². The van der Waals surface area contributed by atoms with E-state index in [9.17, 15) is 14.4 Å². The van der Waals surface area contributed by atoms with Crippen molar-refractivity contribution < 1.29 is 19.5 Å². The Kier molecular flexibility index (Phi) is 6.16. The SMILES string of the molecule is C=CCNC(=O)NC(=O)CSc1nnnn1CC(=O)O. The summed E-state index contributed by atoms with van der Waals surface area (Å²) in [7, 11) is 0. The van der Waals surface area contributed by atoms with Crippen LogP contribution in [0.3, 0.4) is 0 Å². The third-order valence-electron chi connectivity index (χ3n) is 1.78. The summed E-state index contributed by atoms with van der Waals surface area (Å²) >= 11 is 0.921. The number of carbonyl (C=O) groups is 3. The smallest absolute Gasteiger partial charge is 0.325 e. The number of urea groups is 1. The highest BCUT2D eigenvalue weighted by molar-refractivity contribution is 7.99. The van der Waals surface area contributed by atoms with Gasteiger partial charge in [0, 0.05) is 6.54 Å². The van der Waals surface area contributed by atoms with Gasteiger partial charge in [-0.2, -0.15) is 0 Å². The molecule has 0 saturated heterocycles. The largest absolute Gasteiger partial charge is 0.480 e. The third-order valence-corrected chi connectivity index (χ3v) is 2.73. The average Bonchev–Trinajstić information content (AvgIpc) is 2.80. The lowest BCUT2D eigenvalue weighted by atomic mass is 10.6. The fourth-order valence-electron chi connectivity index (χ4n) is 1.03. The van der Waals surface area contributed by atoms with Gasteiger partial charge in [0.05, 0.1) is 5.75 Å². The Morgan fingerprint density at radius 3 is 2.85 bits per heavy atom. The highest BCUT2D eigenvalue weighted by Gasteiger charge is 2.13. The van der Waals surface area contributed by atoms with Gasteiger partial charge in [-0.05, 0) is 10.4 Å². The molecular formula is C9H12N6O4S. The number of imide groups is 1. The van der Waals surface area contributed by atoms with Crippen LogP contribution in [0.4, 0.5) is 4.79 Å². The van der Waals surface area contributed by atoms with Crippen molar-refractivity contribution in [2.45, 2.75) is 11.7 Å². The predicted molar refractivity (Wildman–Crippen MR) is 67.9 cm³/mol. The molecule has 0 atom stereocenters. The molecule has 0 aromatic carbocycles. The molecule has 1 rings (SSSR count). The lowest BCUT2D eigenvalue weighted by Gasteiger charge is -2.04. The molecule has 0 saturated carbocycles. The van der Waals surface area contributed by atoms with Crippen molar-refractivity contribution in [2.24, 2.45) is 0 Å². The summed E-state index contributed by atoms with van der Waals surface area (Å²) in [6, 6.07) is -0.638. The fraction of sp³-hybridized carbons (Fsp3) is 0.333. The number of tetrazole rings is 1. The summed E-state index contributed by atoms with van der Waals surface area (Å²) in [6.45, 7) is 3.24. The molecule has 0 radical (unpaired) electrons. The molecule has 0 aliphatic heterocycles. The first-order chi connectivity index (χ1) is 9.52. The summed E-state index contributed by atoms with van der Waals surface area (Å²) in [5.74, 6) is -1.78. The van der Waals surface area contributed by atoms with Crippen LogP contribution in [0, 0.1) is 0 Å². The molecule has 1 aromatic rings. The van der Waals surface area contributed by atoms with Gasteiger partial charge in [0.15, 0.2) is 0 Å². The topological polar surface area (TPSA) is 139 Å². The van der Waals surface area contributed by atoms with Gasteiger partial charge in [-0.1, -0.05) is 17.8 Å². The molecule has 11 heteroatoms. The van der Waals surface area contributed by atoms with Crippen LogP contribution < -0.4 is 10.6 Å². The number of hydrogen-bond acceptors (Lipinski definition) is 7. The number of aliphatic carboxylic acids is 1. The Morgan fingerprint density at radius 1 is 1.45 bits per heavy atom. The molecule has 3 N–H and O–H groups in total. The van der Waals surface area contributed by atoms with Crippen LogP contribution in [0.2, 0.25) is 0 Å². The van der Waals surface area contributed by atoms with E-state index in [0.717, 1.165) is 16.4 Å². The van der Waals surface area contributed by atoms with Gasteiger partial charge < -0.3 is 10.4 Å². The predicted octanol–water partition coefficient (Wildman–Crippen LogP) is -1.14. The molecular weight excluding hydrogens is 288 g/mol. The first-order valence-electron chi connectivity index (χ1n) is 5.32. The molecule has 3 amide bonds. The zero-order chi connectivity index (χ0) is 15.0. The van der Waals surface area contributed by atoms with Crippen molar-refractivity contribution in [3.05, 3.63) is 12.7 Å². The summed E-state index contributed by atoms with van der Waals surface area (Å²) in [6.07, 6.45) is 1.47. The van der Waals surface area contributed by atoms with E-state index in [2.05, 4.69) is 32.7 Å². The molecule has 1 heterocycles. The molecule has 20 heavy (non-hydrogen) atoms. The zero-order valence-corrected chi connectivity index (χ0v) is 11.1. The van der Waals surface area contributed by atoms with E-state index in [4.69, 9.17) is 5.11 Å². The van der Waals surface area contributed by atoms with Crippen molar-refractivity contribution >= 4 is 29.7 Å². The molecule has 0 fully saturated rings. The number of nitrogens with zero attached hydrogens (tertiary/aromatic N) is 4. The van der Waals surface area contributed by atoms with Crippen LogP contribution >= 0.6 is 11.8 Å². The Bertz CT molecular complexity index is 516. The summed E-state index contributed by atoms with van der Waals surface area (Å²) in [5.41, 5.74) is 0. The van der Waals surface area contributed by atoms with Crippen molar-refractivity contribution in [1.82, 2.24) is 30.8 Å². The molecule has 0 aliphatic rings. The number of nitrogens with one attached hydrogen (secondary N) is 2. The number of carbonyl (C=O) groups excluding carboxylic acids is 2. The summed E-state index contributed by atoms with van der Waals surface area (Å²) in [4.78, 5) is 33.1. The van der Waals surface area contributed by atoms with E-state index in [1.165, 1.54) is 6.08 Å². The minimum Gasteiger partial charge on any atom is -0.480 e. The average molecular weight is 300 g/mol. The normalized spacial score (nSPS) is 9.80. The van der Waals surface area contributed by atoms with Crippen molar-refractivity contribution in [3.63, 3.8) is 0 Å². The van der Waals surface area contributed by atoms with E-state index in [-0.39, 0.29) is 17.5 Å². The highest BCUT2D eigenvalue weighted by atomic mass is 32.2. The van der Waals surface area contributed by atoms with Crippen molar-refractivity contribution in [1.29, 1.82) is 0 Å². The number of carboxylic acid groups (broad SMARTS) is 1. The maximum Gasteiger partial charge on any atom is 0.325 e. The van der Waals surface area contributed by atoms with E-state index >= 15 is 0 Å². The molecule has 0 unspecified atom stereocenters. The van der Waals surface area contributed by atoms with E-state index in [1.807, 2.05) is 0 Å². The van der Waals surface area contributed by atoms with Gasteiger partial charge in [0.25, 0.3) is 0 Å². The highest BCUT2D eigenvalue weighted by Crippen LogP contribution is 2.12. The second kappa shape index (κ2) is 7.89. The quantitative estimate of drug-likeness (QED) is 0.424. The minimum absolute atomic E-state index is 0.124. The molecule has 0 bridgehead atoms. The van der Waals surface area contributed by atoms with Gasteiger partial charge >= 0.3 is 12.0 Å². The van der Waals surface area contributed by atoms with Gasteiger partial charge in [0.1, 0.15) is 6.54 Å². The fourth-order valence-corrected chi connectivity index (χ4v) is 1.71. The summed E-state index contributed by atoms with van der Waals surface area (Å²) in [5, 5.41) is 23.6. The van der Waals surface area contributed by atoms with Crippen LogP contribution in [0.15, 0.2) is 17.8 Å². The minimum atomic E-state index is -1.10. The van der Waals surface area contributed by atoms with E-state index < -0.39 is 24.5 Å². The maximum absolute atomic E-state index is 11.4. The third kappa shape index (κ3) is 5.48. The van der Waals surface area contributed by atoms with Crippen LogP contribution in [-0.2, 0) is 16.1 Å². The van der Waals surface area contributed by atoms with Crippen LogP contribution in [-0.4, -0.2) is 55.5 Å². The van der Waals surface area contributed by atoms with Crippen LogP contribution in [0.25, 0.3) is 0 Å². The number of amides is 3. The molecule has 0 spiro atoms.